The van der Waals surface area contributed by atoms with Crippen molar-refractivity contribution in [2.24, 2.45) is 0 Å². The van der Waals surface area contributed by atoms with Crippen molar-refractivity contribution >= 4 is 29.3 Å². The lowest BCUT2D eigenvalue weighted by Gasteiger charge is -2.06. The van der Waals surface area contributed by atoms with Gasteiger partial charge >= 0.3 is 0 Å². The molecule has 136 valence electrons. The van der Waals surface area contributed by atoms with Gasteiger partial charge in [0.25, 0.3) is 5.91 Å². The number of carbonyl (C=O) groups excluding carboxylic acids is 2. The molecule has 2 N–H and O–H groups in total. The molecule has 0 spiro atoms. The van der Waals surface area contributed by atoms with Gasteiger partial charge in [-0.25, -0.2) is 0 Å². The Labute approximate surface area is 156 Å². The zero-order chi connectivity index (χ0) is 19.1. The minimum Gasteiger partial charge on any atom is -0.496 e. The number of hydrogen-bond donors (Lipinski definition) is 2. The number of rotatable bonds is 6. The number of nitrogens with one attached hydrogen (secondary N) is 2. The van der Waals surface area contributed by atoms with Gasteiger partial charge in [-0.05, 0) is 48.5 Å². The summed E-state index contributed by atoms with van der Waals surface area (Å²) in [6.07, 6.45) is 4.56. The number of furan rings is 1. The molecule has 0 unspecified atom stereocenters. The summed E-state index contributed by atoms with van der Waals surface area (Å²) >= 11 is 0. The highest BCUT2D eigenvalue weighted by atomic mass is 16.5. The first-order valence-electron chi connectivity index (χ1n) is 8.23. The Bertz CT molecular complexity index is 945. The molecule has 6 nitrogen and oxygen atoms in total. The van der Waals surface area contributed by atoms with Crippen LogP contribution >= 0.6 is 0 Å². The van der Waals surface area contributed by atoms with E-state index in [2.05, 4.69) is 10.6 Å². The first kappa shape index (κ1) is 18.0. The Balaban J connectivity index is 1.58. The largest absolute Gasteiger partial charge is 0.496 e. The van der Waals surface area contributed by atoms with Crippen molar-refractivity contribution in [3.8, 4) is 5.75 Å². The maximum Gasteiger partial charge on any atom is 0.291 e. The number of amides is 2. The maximum absolute atomic E-state index is 12.1. The van der Waals surface area contributed by atoms with Crippen molar-refractivity contribution in [3.05, 3.63) is 84.3 Å². The maximum atomic E-state index is 12.1. The predicted octanol–water partition coefficient (Wildman–Crippen LogP) is 4.19. The Hall–Kier alpha value is -3.80. The number of ether oxygens (including phenoxy) is 1. The minimum atomic E-state index is -0.337. The second kappa shape index (κ2) is 8.53. The number of carbonyl (C=O) groups is 2. The number of benzene rings is 2. The molecular formula is C21H18N2O4. The summed E-state index contributed by atoms with van der Waals surface area (Å²) in [6.45, 7) is 0. The minimum absolute atomic E-state index is 0.230. The SMILES string of the molecule is COc1ccccc1C=CC(=O)Nc1ccc(NC(=O)c2ccco2)cc1. The zero-order valence-corrected chi connectivity index (χ0v) is 14.6. The lowest BCUT2D eigenvalue weighted by molar-refractivity contribution is -0.111. The molecule has 3 aromatic rings. The predicted molar refractivity (Wildman–Crippen MR) is 104 cm³/mol. The smallest absolute Gasteiger partial charge is 0.291 e. The summed E-state index contributed by atoms with van der Waals surface area (Å²) in [6, 6.07) is 17.4. The fourth-order valence-corrected chi connectivity index (χ4v) is 2.39. The average Bonchev–Trinajstić information content (AvgIpc) is 3.23. The molecule has 1 aromatic heterocycles. The van der Waals surface area contributed by atoms with E-state index in [0.717, 1.165) is 5.56 Å². The lowest BCUT2D eigenvalue weighted by atomic mass is 10.2. The van der Waals surface area contributed by atoms with Crippen LogP contribution in [0.15, 0.2) is 77.4 Å². The molecule has 1 heterocycles. The second-order valence-electron chi connectivity index (χ2n) is 5.57. The molecule has 0 saturated carbocycles. The van der Waals surface area contributed by atoms with Crippen LogP contribution in [-0.2, 0) is 4.79 Å². The summed E-state index contributed by atoms with van der Waals surface area (Å²) in [5.41, 5.74) is 2.02. The van der Waals surface area contributed by atoms with Crippen LogP contribution in [0, 0.1) is 0 Å². The molecule has 27 heavy (non-hydrogen) atoms. The van der Waals surface area contributed by atoms with Crippen molar-refractivity contribution in [2.45, 2.75) is 0 Å². The second-order valence-corrected chi connectivity index (χ2v) is 5.57. The summed E-state index contributed by atoms with van der Waals surface area (Å²) in [5.74, 6) is 0.317. The Morgan fingerprint density at radius 3 is 2.30 bits per heavy atom. The molecule has 0 radical (unpaired) electrons. The van der Waals surface area contributed by atoms with Gasteiger partial charge in [-0.3, -0.25) is 9.59 Å². The van der Waals surface area contributed by atoms with Crippen LogP contribution in [0.5, 0.6) is 5.75 Å². The number of para-hydroxylation sites is 1. The highest BCUT2D eigenvalue weighted by molar-refractivity contribution is 6.03. The van der Waals surface area contributed by atoms with E-state index in [9.17, 15) is 9.59 Å². The number of anilines is 2. The normalized spacial score (nSPS) is 10.6. The van der Waals surface area contributed by atoms with Crippen LogP contribution in [0.4, 0.5) is 11.4 Å². The van der Waals surface area contributed by atoms with E-state index in [1.807, 2.05) is 24.3 Å². The topological polar surface area (TPSA) is 80.6 Å². The highest BCUT2D eigenvalue weighted by Crippen LogP contribution is 2.19. The first-order chi connectivity index (χ1) is 13.2. The van der Waals surface area contributed by atoms with E-state index < -0.39 is 0 Å². The van der Waals surface area contributed by atoms with Crippen molar-refractivity contribution in [1.82, 2.24) is 0 Å². The van der Waals surface area contributed by atoms with Crippen LogP contribution in [-0.4, -0.2) is 18.9 Å². The zero-order valence-electron chi connectivity index (χ0n) is 14.6. The summed E-state index contributed by atoms with van der Waals surface area (Å²) in [4.78, 5) is 24.0. The first-order valence-corrected chi connectivity index (χ1v) is 8.23. The van der Waals surface area contributed by atoms with Gasteiger partial charge in [-0.2, -0.15) is 0 Å². The molecule has 0 aliphatic carbocycles. The van der Waals surface area contributed by atoms with E-state index in [-0.39, 0.29) is 17.6 Å². The lowest BCUT2D eigenvalue weighted by Crippen LogP contribution is -2.11. The Morgan fingerprint density at radius 2 is 1.63 bits per heavy atom. The third-order valence-electron chi connectivity index (χ3n) is 3.71. The van der Waals surface area contributed by atoms with Crippen LogP contribution in [0.2, 0.25) is 0 Å². The van der Waals surface area contributed by atoms with E-state index >= 15 is 0 Å². The van der Waals surface area contributed by atoms with E-state index in [0.29, 0.717) is 17.1 Å². The van der Waals surface area contributed by atoms with Gasteiger partial charge in [0, 0.05) is 23.0 Å². The quantitative estimate of drug-likeness (QED) is 0.644. The van der Waals surface area contributed by atoms with Gasteiger partial charge in [0.15, 0.2) is 5.76 Å². The summed E-state index contributed by atoms with van der Waals surface area (Å²) < 4.78 is 10.3. The van der Waals surface area contributed by atoms with Gasteiger partial charge in [0.2, 0.25) is 5.91 Å². The standard InChI is InChI=1S/C21H18N2O4/c1-26-18-6-3-2-5-15(18)8-13-20(24)22-16-9-11-17(12-10-16)23-21(25)19-7-4-14-27-19/h2-14H,1H3,(H,22,24)(H,23,25). The van der Waals surface area contributed by atoms with Crippen molar-refractivity contribution in [1.29, 1.82) is 0 Å². The molecule has 0 aliphatic rings. The fraction of sp³-hybridized carbons (Fsp3) is 0.0476. The Morgan fingerprint density at radius 1 is 0.926 bits per heavy atom. The number of methoxy groups -OCH3 is 1. The van der Waals surface area contributed by atoms with Crippen LogP contribution in [0.3, 0.4) is 0 Å². The van der Waals surface area contributed by atoms with Gasteiger partial charge < -0.3 is 19.8 Å². The van der Waals surface area contributed by atoms with Crippen molar-refractivity contribution < 1.29 is 18.7 Å². The van der Waals surface area contributed by atoms with Crippen molar-refractivity contribution in [3.63, 3.8) is 0 Å². The summed E-state index contributed by atoms with van der Waals surface area (Å²) in [5, 5.41) is 5.47. The molecule has 6 heteroatoms. The van der Waals surface area contributed by atoms with Gasteiger partial charge in [0.1, 0.15) is 5.75 Å². The molecule has 0 atom stereocenters. The van der Waals surface area contributed by atoms with Crippen molar-refractivity contribution in [2.75, 3.05) is 17.7 Å². The average molecular weight is 362 g/mol. The van der Waals surface area contributed by atoms with Crippen LogP contribution < -0.4 is 15.4 Å². The molecule has 3 rings (SSSR count). The van der Waals surface area contributed by atoms with E-state index in [1.165, 1.54) is 12.3 Å². The van der Waals surface area contributed by atoms with Gasteiger partial charge in [-0.1, -0.05) is 18.2 Å². The summed E-state index contributed by atoms with van der Waals surface area (Å²) in [7, 11) is 1.58. The molecule has 2 amide bonds. The van der Waals surface area contributed by atoms with E-state index in [4.69, 9.17) is 9.15 Å². The molecule has 0 saturated heterocycles. The molecule has 0 bridgehead atoms. The fourth-order valence-electron chi connectivity index (χ4n) is 2.39. The number of hydrogen-bond acceptors (Lipinski definition) is 4. The highest BCUT2D eigenvalue weighted by Gasteiger charge is 2.08. The Kier molecular flexibility index (Phi) is 5.69. The van der Waals surface area contributed by atoms with Gasteiger partial charge in [-0.15, -0.1) is 0 Å². The third kappa shape index (κ3) is 4.85. The molecule has 0 aliphatic heterocycles. The molecule has 2 aromatic carbocycles. The molecular weight excluding hydrogens is 344 g/mol. The molecule has 0 fully saturated rings. The van der Waals surface area contributed by atoms with Gasteiger partial charge in [0.05, 0.1) is 13.4 Å². The van der Waals surface area contributed by atoms with E-state index in [1.54, 1.807) is 49.6 Å². The third-order valence-corrected chi connectivity index (χ3v) is 3.71. The van der Waals surface area contributed by atoms with Crippen LogP contribution in [0.1, 0.15) is 16.1 Å². The van der Waals surface area contributed by atoms with Crippen LogP contribution in [0.25, 0.3) is 6.08 Å². The monoisotopic (exact) mass is 362 g/mol.